The van der Waals surface area contributed by atoms with E-state index >= 15 is 0 Å². The van der Waals surface area contributed by atoms with Crippen LogP contribution in [0.2, 0.25) is 0 Å². The number of fused-ring (bicyclic) bond motifs is 3. The maximum absolute atomic E-state index is 5.02. The van der Waals surface area contributed by atoms with Crippen molar-refractivity contribution in [1.29, 1.82) is 0 Å². The van der Waals surface area contributed by atoms with E-state index in [0.717, 1.165) is 44.5 Å². The summed E-state index contributed by atoms with van der Waals surface area (Å²) in [7, 11) is 0. The summed E-state index contributed by atoms with van der Waals surface area (Å²) < 4.78 is 0. The smallest absolute Gasteiger partial charge is 0.164 e. The SMILES string of the molecule is c1cncc(-c2ccc(-c3nc(-c4ccc(-c5cccnc5)cc4)nc(-c4ccc(-c5cc6ccccc6c6ccccc56)cc4)n3)cc2)c1. The van der Waals surface area contributed by atoms with E-state index in [1.807, 2.05) is 24.5 Å². The van der Waals surface area contributed by atoms with Crippen LogP contribution in [0.25, 0.3) is 89.1 Å². The highest BCUT2D eigenvalue weighted by Gasteiger charge is 2.14. The van der Waals surface area contributed by atoms with Gasteiger partial charge in [-0.05, 0) is 73.1 Å². The number of hydrogen-bond donors (Lipinski definition) is 0. The molecule has 0 unspecified atom stereocenters. The zero-order chi connectivity index (χ0) is 33.3. The molecule has 0 aliphatic carbocycles. The number of benzene rings is 6. The summed E-state index contributed by atoms with van der Waals surface area (Å²) in [6.45, 7) is 0. The lowest BCUT2D eigenvalue weighted by atomic mass is 9.93. The zero-order valence-electron chi connectivity index (χ0n) is 27.0. The van der Waals surface area contributed by atoms with E-state index in [4.69, 9.17) is 15.0 Å². The summed E-state index contributed by atoms with van der Waals surface area (Å²) in [4.78, 5) is 23.6. The molecule has 3 aromatic heterocycles. The van der Waals surface area contributed by atoms with Gasteiger partial charge in [-0.1, -0.05) is 133 Å². The third-order valence-electron chi connectivity index (χ3n) is 9.13. The lowest BCUT2D eigenvalue weighted by Gasteiger charge is -2.12. The first kappa shape index (κ1) is 29.3. The van der Waals surface area contributed by atoms with Crippen molar-refractivity contribution in [1.82, 2.24) is 24.9 Å². The molecule has 0 saturated heterocycles. The van der Waals surface area contributed by atoms with Crippen molar-refractivity contribution in [2.45, 2.75) is 0 Å². The van der Waals surface area contributed by atoms with Crippen molar-refractivity contribution in [3.05, 3.63) is 176 Å². The molecule has 0 atom stereocenters. The van der Waals surface area contributed by atoms with Crippen LogP contribution in [0.3, 0.4) is 0 Å². The molecule has 6 aromatic carbocycles. The second-order valence-corrected chi connectivity index (χ2v) is 12.2. The third-order valence-corrected chi connectivity index (χ3v) is 9.13. The zero-order valence-corrected chi connectivity index (χ0v) is 27.0. The molecular weight excluding hydrogens is 611 g/mol. The first-order valence-corrected chi connectivity index (χ1v) is 16.6. The van der Waals surface area contributed by atoms with Gasteiger partial charge in [0.1, 0.15) is 0 Å². The Kier molecular flexibility index (Phi) is 7.41. The Morgan fingerprint density at radius 1 is 0.300 bits per heavy atom. The molecule has 3 heterocycles. The normalized spacial score (nSPS) is 11.2. The van der Waals surface area contributed by atoms with Crippen molar-refractivity contribution in [3.8, 4) is 67.5 Å². The second kappa shape index (κ2) is 12.6. The van der Waals surface area contributed by atoms with Crippen LogP contribution in [0, 0.1) is 0 Å². The Bertz CT molecular complexity index is 2500. The van der Waals surface area contributed by atoms with E-state index < -0.39 is 0 Å². The van der Waals surface area contributed by atoms with Crippen LogP contribution in [-0.2, 0) is 0 Å². The lowest BCUT2D eigenvalue weighted by Crippen LogP contribution is -2.00. The van der Waals surface area contributed by atoms with Gasteiger partial charge in [0.15, 0.2) is 17.5 Å². The highest BCUT2D eigenvalue weighted by atomic mass is 15.0. The average Bonchev–Trinajstić information content (AvgIpc) is 3.21. The highest BCUT2D eigenvalue weighted by Crippen LogP contribution is 2.36. The first-order valence-electron chi connectivity index (χ1n) is 16.6. The topological polar surface area (TPSA) is 64.5 Å². The van der Waals surface area contributed by atoms with Crippen LogP contribution in [-0.4, -0.2) is 24.9 Å². The van der Waals surface area contributed by atoms with Crippen LogP contribution in [0.4, 0.5) is 0 Å². The van der Waals surface area contributed by atoms with Crippen molar-refractivity contribution in [2.75, 3.05) is 0 Å². The monoisotopic (exact) mass is 639 g/mol. The molecule has 0 saturated carbocycles. The Labute approximate surface area is 289 Å². The van der Waals surface area contributed by atoms with E-state index in [0.29, 0.717) is 17.5 Å². The van der Waals surface area contributed by atoms with E-state index in [9.17, 15) is 0 Å². The molecule has 0 aliphatic rings. The van der Waals surface area contributed by atoms with Gasteiger partial charge in [-0.3, -0.25) is 9.97 Å². The maximum atomic E-state index is 5.02. The van der Waals surface area contributed by atoms with Gasteiger partial charge in [0.2, 0.25) is 0 Å². The fourth-order valence-corrected chi connectivity index (χ4v) is 6.55. The number of aromatic nitrogens is 5. The number of nitrogens with zero attached hydrogens (tertiary/aromatic N) is 5. The molecular formula is C45H29N5. The highest BCUT2D eigenvalue weighted by molar-refractivity contribution is 6.13. The molecule has 9 aromatic rings. The summed E-state index contributed by atoms with van der Waals surface area (Å²) in [6, 6.07) is 52.6. The predicted molar refractivity (Wildman–Crippen MR) is 203 cm³/mol. The number of hydrogen-bond acceptors (Lipinski definition) is 5. The van der Waals surface area contributed by atoms with Crippen LogP contribution >= 0.6 is 0 Å². The quantitative estimate of drug-likeness (QED) is 0.169. The van der Waals surface area contributed by atoms with Gasteiger partial charge in [-0.2, -0.15) is 0 Å². The second-order valence-electron chi connectivity index (χ2n) is 12.2. The van der Waals surface area contributed by atoms with E-state index in [2.05, 4.69) is 149 Å². The molecule has 0 amide bonds. The van der Waals surface area contributed by atoms with Crippen LogP contribution in [0.5, 0.6) is 0 Å². The fraction of sp³-hybridized carbons (Fsp3) is 0. The molecule has 0 spiro atoms. The van der Waals surface area contributed by atoms with Crippen molar-refractivity contribution < 1.29 is 0 Å². The number of rotatable bonds is 6. The van der Waals surface area contributed by atoms with Crippen LogP contribution in [0.15, 0.2) is 176 Å². The van der Waals surface area contributed by atoms with Crippen molar-refractivity contribution in [2.24, 2.45) is 0 Å². The summed E-state index contributed by atoms with van der Waals surface area (Å²) in [5.74, 6) is 1.85. The number of pyridine rings is 2. The molecule has 0 aliphatic heterocycles. The Morgan fingerprint density at radius 3 is 1.20 bits per heavy atom. The Morgan fingerprint density at radius 2 is 0.720 bits per heavy atom. The molecule has 5 heteroatoms. The summed E-state index contributed by atoms with van der Waals surface area (Å²) in [6.07, 6.45) is 7.30. The Balaban J connectivity index is 1.13. The molecule has 234 valence electrons. The fourth-order valence-electron chi connectivity index (χ4n) is 6.55. The van der Waals surface area contributed by atoms with Gasteiger partial charge in [0.25, 0.3) is 0 Å². The minimum absolute atomic E-state index is 0.615. The van der Waals surface area contributed by atoms with E-state index in [1.165, 1.54) is 27.1 Å². The van der Waals surface area contributed by atoms with Gasteiger partial charge < -0.3 is 0 Å². The van der Waals surface area contributed by atoms with E-state index in [-0.39, 0.29) is 0 Å². The summed E-state index contributed by atoms with van der Waals surface area (Å²) >= 11 is 0. The summed E-state index contributed by atoms with van der Waals surface area (Å²) in [5, 5.41) is 4.96. The molecule has 0 N–H and O–H groups in total. The molecule has 5 nitrogen and oxygen atoms in total. The molecule has 9 rings (SSSR count). The van der Waals surface area contributed by atoms with Gasteiger partial charge in [-0.25, -0.2) is 15.0 Å². The molecule has 50 heavy (non-hydrogen) atoms. The van der Waals surface area contributed by atoms with Crippen molar-refractivity contribution in [3.63, 3.8) is 0 Å². The minimum atomic E-state index is 0.615. The van der Waals surface area contributed by atoms with Gasteiger partial charge in [0, 0.05) is 41.5 Å². The Hall–Kier alpha value is -6.85. The third kappa shape index (κ3) is 5.57. The maximum Gasteiger partial charge on any atom is 0.164 e. The summed E-state index contributed by atoms with van der Waals surface area (Å²) in [5.41, 5.74) is 9.36. The van der Waals surface area contributed by atoms with Gasteiger partial charge in [0.05, 0.1) is 0 Å². The van der Waals surface area contributed by atoms with Gasteiger partial charge in [-0.15, -0.1) is 0 Å². The van der Waals surface area contributed by atoms with Crippen LogP contribution in [0.1, 0.15) is 0 Å². The predicted octanol–water partition coefficient (Wildman–Crippen LogP) is 11.0. The standard InChI is InChI=1S/C45H29N5/c1-2-10-39-36(7-1)27-42(41-12-4-3-11-40(39)41)32-17-23-35(24-18-32)45-49-43(33-19-13-30(14-20-33)37-8-5-25-46-28-37)48-44(50-45)34-21-15-31(16-22-34)38-9-6-26-47-29-38/h1-29H. The van der Waals surface area contributed by atoms with Crippen LogP contribution < -0.4 is 0 Å². The largest absolute Gasteiger partial charge is 0.264 e. The molecule has 0 bridgehead atoms. The molecule has 0 radical (unpaired) electrons. The first-order chi connectivity index (χ1) is 24.8. The minimum Gasteiger partial charge on any atom is -0.264 e. The molecule has 0 fully saturated rings. The van der Waals surface area contributed by atoms with E-state index in [1.54, 1.807) is 12.4 Å². The average molecular weight is 640 g/mol. The lowest BCUT2D eigenvalue weighted by molar-refractivity contribution is 1.07. The van der Waals surface area contributed by atoms with Gasteiger partial charge >= 0.3 is 0 Å². The van der Waals surface area contributed by atoms with Crippen molar-refractivity contribution >= 4 is 21.5 Å².